The van der Waals surface area contributed by atoms with Crippen molar-refractivity contribution < 1.29 is 9.21 Å². The van der Waals surface area contributed by atoms with Crippen molar-refractivity contribution in [2.24, 2.45) is 0 Å². The zero-order chi connectivity index (χ0) is 13.4. The Morgan fingerprint density at radius 2 is 2.39 bits per heavy atom. The Hall–Kier alpha value is -1.59. The number of nitrogens with one attached hydrogen (secondary N) is 2. The molecule has 2 N–H and O–H groups in total. The number of likely N-dealkylation sites (N-methyl/N-ethyl adjacent to an activating group) is 1. The summed E-state index contributed by atoms with van der Waals surface area (Å²) in [6.07, 6.45) is 3.36. The minimum atomic E-state index is -0.0322. The highest BCUT2D eigenvalue weighted by Gasteiger charge is 2.17. The second-order valence-corrected chi connectivity index (χ2v) is 4.22. The van der Waals surface area contributed by atoms with Crippen molar-refractivity contribution >= 4 is 5.91 Å². The van der Waals surface area contributed by atoms with Crippen LogP contribution in [0.5, 0.6) is 0 Å². The molecule has 1 amide bonds. The molecule has 0 spiro atoms. The number of rotatable bonds is 8. The highest BCUT2D eigenvalue weighted by molar-refractivity contribution is 5.78. The van der Waals surface area contributed by atoms with Crippen molar-refractivity contribution in [2.75, 3.05) is 33.7 Å². The Bertz CT molecular complexity index is 360. The monoisotopic (exact) mass is 251 g/mol. The molecule has 1 unspecified atom stereocenters. The van der Waals surface area contributed by atoms with Crippen molar-refractivity contribution in [1.29, 1.82) is 0 Å². The van der Waals surface area contributed by atoms with Crippen LogP contribution in [-0.2, 0) is 4.79 Å². The summed E-state index contributed by atoms with van der Waals surface area (Å²) in [5, 5.41) is 5.83. The van der Waals surface area contributed by atoms with E-state index in [2.05, 4.69) is 17.2 Å². The van der Waals surface area contributed by atoms with E-state index in [0.29, 0.717) is 19.6 Å². The molecule has 0 bridgehead atoms. The largest absolute Gasteiger partial charge is 0.468 e. The van der Waals surface area contributed by atoms with Gasteiger partial charge in [0.15, 0.2) is 0 Å². The van der Waals surface area contributed by atoms with Gasteiger partial charge in [0, 0.05) is 13.1 Å². The lowest BCUT2D eigenvalue weighted by molar-refractivity contribution is -0.120. The number of nitrogens with zero attached hydrogens (tertiary/aromatic N) is 1. The first kappa shape index (κ1) is 14.5. The van der Waals surface area contributed by atoms with Crippen molar-refractivity contribution in [1.82, 2.24) is 15.5 Å². The summed E-state index contributed by atoms with van der Waals surface area (Å²) < 4.78 is 5.37. The van der Waals surface area contributed by atoms with E-state index >= 15 is 0 Å². The number of carbonyl (C=O) groups excluding carboxylic acids is 1. The van der Waals surface area contributed by atoms with E-state index in [9.17, 15) is 4.79 Å². The van der Waals surface area contributed by atoms with Crippen LogP contribution in [0.3, 0.4) is 0 Å². The molecule has 1 aromatic heterocycles. The second kappa shape index (κ2) is 7.68. The number of amides is 1. The molecule has 1 aromatic rings. The summed E-state index contributed by atoms with van der Waals surface area (Å²) >= 11 is 0. The molecule has 5 nitrogen and oxygen atoms in total. The van der Waals surface area contributed by atoms with E-state index in [-0.39, 0.29) is 11.9 Å². The molecule has 0 fully saturated rings. The highest BCUT2D eigenvalue weighted by Crippen LogP contribution is 2.17. The summed E-state index contributed by atoms with van der Waals surface area (Å²) in [7, 11) is 3.91. The molecule has 0 aliphatic rings. The molecule has 0 saturated heterocycles. The Balaban J connectivity index is 2.39. The molecule has 0 aliphatic carbocycles. The van der Waals surface area contributed by atoms with Crippen LogP contribution in [-0.4, -0.2) is 44.5 Å². The van der Waals surface area contributed by atoms with Gasteiger partial charge in [-0.05, 0) is 26.2 Å². The Morgan fingerprint density at radius 3 is 2.94 bits per heavy atom. The molecular formula is C13H21N3O2. The van der Waals surface area contributed by atoms with Crippen LogP contribution >= 0.6 is 0 Å². The van der Waals surface area contributed by atoms with Gasteiger partial charge in [0.05, 0.1) is 18.8 Å². The number of hydrogen-bond acceptors (Lipinski definition) is 4. The SMILES string of the molecule is C=CCNCC(=O)NCC(c1ccco1)N(C)C. The van der Waals surface area contributed by atoms with Crippen molar-refractivity contribution in [3.05, 3.63) is 36.8 Å². The van der Waals surface area contributed by atoms with Crippen molar-refractivity contribution in [3.8, 4) is 0 Å². The molecule has 0 saturated carbocycles. The predicted octanol–water partition coefficient (Wildman–Crippen LogP) is 0.774. The van der Waals surface area contributed by atoms with E-state index in [1.54, 1.807) is 12.3 Å². The maximum atomic E-state index is 11.6. The lowest BCUT2D eigenvalue weighted by Gasteiger charge is -2.22. The number of furan rings is 1. The average Bonchev–Trinajstić information content (AvgIpc) is 2.83. The third kappa shape index (κ3) is 4.73. The Kier molecular flexibility index (Phi) is 6.18. The fourth-order valence-electron chi connectivity index (χ4n) is 1.58. The average molecular weight is 251 g/mol. The van der Waals surface area contributed by atoms with Gasteiger partial charge in [0.2, 0.25) is 5.91 Å². The van der Waals surface area contributed by atoms with Crippen LogP contribution < -0.4 is 10.6 Å². The van der Waals surface area contributed by atoms with Gasteiger partial charge in [-0.3, -0.25) is 9.69 Å². The summed E-state index contributed by atoms with van der Waals surface area (Å²) in [6.45, 7) is 5.02. The molecule has 1 heterocycles. The van der Waals surface area contributed by atoms with E-state index in [1.165, 1.54) is 0 Å². The fraction of sp³-hybridized carbons (Fsp3) is 0.462. The predicted molar refractivity (Wildman–Crippen MR) is 71.2 cm³/mol. The van der Waals surface area contributed by atoms with E-state index in [4.69, 9.17) is 4.42 Å². The zero-order valence-corrected chi connectivity index (χ0v) is 11.0. The van der Waals surface area contributed by atoms with Gasteiger partial charge in [-0.25, -0.2) is 0 Å². The maximum absolute atomic E-state index is 11.6. The summed E-state index contributed by atoms with van der Waals surface area (Å²) in [6, 6.07) is 3.80. The Labute approximate surface area is 108 Å². The van der Waals surface area contributed by atoms with E-state index in [0.717, 1.165) is 5.76 Å². The second-order valence-electron chi connectivity index (χ2n) is 4.22. The molecular weight excluding hydrogens is 230 g/mol. The van der Waals surface area contributed by atoms with Crippen LogP contribution in [0.25, 0.3) is 0 Å². The highest BCUT2D eigenvalue weighted by atomic mass is 16.3. The molecule has 0 aromatic carbocycles. The van der Waals surface area contributed by atoms with Crippen molar-refractivity contribution in [2.45, 2.75) is 6.04 Å². The summed E-state index contributed by atoms with van der Waals surface area (Å²) in [4.78, 5) is 13.6. The van der Waals surface area contributed by atoms with Gasteiger partial charge >= 0.3 is 0 Å². The molecule has 1 atom stereocenters. The van der Waals surface area contributed by atoms with Gasteiger partial charge in [-0.15, -0.1) is 6.58 Å². The minimum absolute atomic E-state index is 0.0322. The topological polar surface area (TPSA) is 57.5 Å². The third-order valence-electron chi connectivity index (χ3n) is 2.56. The zero-order valence-electron chi connectivity index (χ0n) is 11.0. The van der Waals surface area contributed by atoms with Crippen molar-refractivity contribution in [3.63, 3.8) is 0 Å². The van der Waals surface area contributed by atoms with Gasteiger partial charge in [-0.1, -0.05) is 6.08 Å². The standard InChI is InChI=1S/C13H21N3O2/c1-4-7-14-10-13(17)15-9-11(16(2)3)12-6-5-8-18-12/h4-6,8,11,14H,1,7,9-10H2,2-3H3,(H,15,17). The summed E-state index contributed by atoms with van der Waals surface area (Å²) in [5.41, 5.74) is 0. The lowest BCUT2D eigenvalue weighted by atomic mass is 10.2. The number of hydrogen-bond donors (Lipinski definition) is 2. The lowest BCUT2D eigenvalue weighted by Crippen LogP contribution is -2.39. The maximum Gasteiger partial charge on any atom is 0.234 e. The fourth-order valence-corrected chi connectivity index (χ4v) is 1.58. The first-order valence-corrected chi connectivity index (χ1v) is 5.93. The first-order valence-electron chi connectivity index (χ1n) is 5.93. The van der Waals surface area contributed by atoms with Gasteiger partial charge in [0.25, 0.3) is 0 Å². The van der Waals surface area contributed by atoms with Crippen LogP contribution in [0.2, 0.25) is 0 Å². The molecule has 18 heavy (non-hydrogen) atoms. The van der Waals surface area contributed by atoms with E-state index in [1.807, 2.05) is 31.1 Å². The molecule has 5 heteroatoms. The molecule has 0 radical (unpaired) electrons. The minimum Gasteiger partial charge on any atom is -0.468 e. The Morgan fingerprint density at radius 1 is 1.61 bits per heavy atom. The van der Waals surface area contributed by atoms with Crippen LogP contribution in [0.1, 0.15) is 11.8 Å². The first-order chi connectivity index (χ1) is 8.65. The third-order valence-corrected chi connectivity index (χ3v) is 2.56. The molecule has 100 valence electrons. The summed E-state index contributed by atoms with van der Waals surface area (Å²) in [5.74, 6) is 0.814. The van der Waals surface area contributed by atoms with Gasteiger partial charge in [0.1, 0.15) is 5.76 Å². The normalized spacial score (nSPS) is 12.4. The number of carbonyl (C=O) groups is 1. The van der Waals surface area contributed by atoms with E-state index < -0.39 is 0 Å². The molecule has 1 rings (SSSR count). The van der Waals surface area contributed by atoms with Crippen LogP contribution in [0.15, 0.2) is 35.5 Å². The quantitative estimate of drug-likeness (QED) is 0.529. The van der Waals surface area contributed by atoms with Gasteiger partial charge < -0.3 is 15.1 Å². The molecule has 0 aliphatic heterocycles. The van der Waals surface area contributed by atoms with Gasteiger partial charge in [-0.2, -0.15) is 0 Å². The van der Waals surface area contributed by atoms with Crippen LogP contribution in [0, 0.1) is 0 Å². The van der Waals surface area contributed by atoms with Crippen LogP contribution in [0.4, 0.5) is 0 Å². The smallest absolute Gasteiger partial charge is 0.234 e.